The third kappa shape index (κ3) is 3.48. The van der Waals surface area contributed by atoms with E-state index in [0.717, 1.165) is 6.42 Å². The molecule has 1 saturated heterocycles. The van der Waals surface area contributed by atoms with Crippen molar-refractivity contribution in [1.82, 2.24) is 29.2 Å². The number of carbonyl (C=O) groups is 1. The van der Waals surface area contributed by atoms with Crippen molar-refractivity contribution in [2.45, 2.75) is 13.0 Å². The number of aromatic amines is 1. The highest BCUT2D eigenvalue weighted by atomic mass is 16.5. The Kier molecular flexibility index (Phi) is 4.83. The number of anilines is 2. The number of amides is 1. The molecule has 3 aromatic rings. The molecule has 1 aliphatic rings. The maximum atomic E-state index is 12.9. The van der Waals surface area contributed by atoms with Gasteiger partial charge in [0.2, 0.25) is 5.91 Å². The molecule has 0 aliphatic carbocycles. The molecule has 4 rings (SSSR count). The first kappa shape index (κ1) is 18.8. The number of carbonyl (C=O) groups excluding carboxylic acids is 1. The zero-order chi connectivity index (χ0) is 20.5. The van der Waals surface area contributed by atoms with E-state index >= 15 is 0 Å². The molecule has 3 aromatic heterocycles. The molecule has 4 heterocycles. The molecule has 1 amide bonds. The number of methoxy groups -OCH3 is 1. The van der Waals surface area contributed by atoms with Crippen LogP contribution in [0.3, 0.4) is 0 Å². The minimum Gasteiger partial charge on any atom is -0.478 e. The zero-order valence-electron chi connectivity index (χ0n) is 16.4. The summed E-state index contributed by atoms with van der Waals surface area (Å²) in [6, 6.07) is 0. The lowest BCUT2D eigenvalue weighted by atomic mass is 10.1. The lowest BCUT2D eigenvalue weighted by Crippen LogP contribution is -2.29. The van der Waals surface area contributed by atoms with Crippen molar-refractivity contribution in [2.24, 2.45) is 13.0 Å². The SMILES string of the molecule is C=CC(=O)N1CCC(Cn2cc(Nc3cn(C)nc3OC)c3nc[nH]c3c2=O)C1. The fourth-order valence-corrected chi connectivity index (χ4v) is 3.75. The van der Waals surface area contributed by atoms with E-state index in [4.69, 9.17) is 4.74 Å². The van der Waals surface area contributed by atoms with Gasteiger partial charge in [0.25, 0.3) is 11.4 Å². The fraction of sp³-hybridized carbons (Fsp3) is 0.368. The number of nitrogens with one attached hydrogen (secondary N) is 2. The van der Waals surface area contributed by atoms with Gasteiger partial charge in [-0.2, -0.15) is 0 Å². The van der Waals surface area contributed by atoms with Crippen LogP contribution < -0.4 is 15.6 Å². The first-order chi connectivity index (χ1) is 14.0. The number of rotatable bonds is 6. The molecular formula is C19H23N7O3. The number of fused-ring (bicyclic) bond motifs is 1. The summed E-state index contributed by atoms with van der Waals surface area (Å²) in [7, 11) is 3.35. The van der Waals surface area contributed by atoms with Gasteiger partial charge in [0.05, 0.1) is 25.3 Å². The summed E-state index contributed by atoms with van der Waals surface area (Å²) in [6.45, 7) is 5.33. The Labute approximate surface area is 166 Å². The number of aryl methyl sites for hydroxylation is 1. The smallest absolute Gasteiger partial charge is 0.276 e. The quantitative estimate of drug-likeness (QED) is 0.606. The molecule has 0 saturated carbocycles. The summed E-state index contributed by atoms with van der Waals surface area (Å²) in [5.41, 5.74) is 2.17. The number of ether oxygens (including phenoxy) is 1. The van der Waals surface area contributed by atoms with Gasteiger partial charge in [-0.15, -0.1) is 5.10 Å². The highest BCUT2D eigenvalue weighted by Gasteiger charge is 2.26. The van der Waals surface area contributed by atoms with E-state index in [9.17, 15) is 9.59 Å². The first-order valence-corrected chi connectivity index (χ1v) is 9.32. The number of imidazole rings is 1. The van der Waals surface area contributed by atoms with Crippen LogP contribution in [-0.2, 0) is 18.4 Å². The number of likely N-dealkylation sites (tertiary alicyclic amines) is 1. The van der Waals surface area contributed by atoms with Crippen molar-refractivity contribution in [3.05, 3.63) is 41.7 Å². The standard InChI is InChI=1S/C19H23N7O3/c1-4-15(27)25-6-5-12(7-25)8-26-10-13(16-17(19(26)28)21-11-20-16)22-14-9-24(2)23-18(14)29-3/h4,9-12,22H,1,5-8H2,2-3H3,(H,20,21). The highest BCUT2D eigenvalue weighted by molar-refractivity contribution is 5.89. The predicted octanol–water partition coefficient (Wildman–Crippen LogP) is 1.24. The Morgan fingerprint density at radius 2 is 2.28 bits per heavy atom. The molecule has 0 spiro atoms. The Morgan fingerprint density at radius 1 is 1.45 bits per heavy atom. The Bertz CT molecular complexity index is 1130. The van der Waals surface area contributed by atoms with E-state index in [2.05, 4.69) is 27.0 Å². The number of pyridine rings is 1. The average Bonchev–Trinajstić information content (AvgIpc) is 3.44. The minimum absolute atomic E-state index is 0.0742. The maximum Gasteiger partial charge on any atom is 0.276 e. The van der Waals surface area contributed by atoms with Gasteiger partial charge in [-0.3, -0.25) is 14.3 Å². The maximum absolute atomic E-state index is 12.9. The molecule has 1 unspecified atom stereocenters. The van der Waals surface area contributed by atoms with E-state index in [1.807, 2.05) is 0 Å². The monoisotopic (exact) mass is 397 g/mol. The van der Waals surface area contributed by atoms with Crippen molar-refractivity contribution in [2.75, 3.05) is 25.5 Å². The van der Waals surface area contributed by atoms with Gasteiger partial charge < -0.3 is 24.5 Å². The van der Waals surface area contributed by atoms with E-state index in [-0.39, 0.29) is 17.4 Å². The lowest BCUT2D eigenvalue weighted by molar-refractivity contribution is -0.125. The molecule has 2 N–H and O–H groups in total. The van der Waals surface area contributed by atoms with E-state index in [0.29, 0.717) is 47.9 Å². The van der Waals surface area contributed by atoms with Gasteiger partial charge in [-0.1, -0.05) is 6.58 Å². The fourth-order valence-electron chi connectivity index (χ4n) is 3.75. The number of aromatic nitrogens is 5. The summed E-state index contributed by atoms with van der Waals surface area (Å²) < 4.78 is 8.61. The van der Waals surface area contributed by atoms with Gasteiger partial charge in [0.15, 0.2) is 0 Å². The molecule has 1 atom stereocenters. The molecule has 29 heavy (non-hydrogen) atoms. The van der Waals surface area contributed by atoms with E-state index in [1.165, 1.54) is 12.4 Å². The summed E-state index contributed by atoms with van der Waals surface area (Å²) in [6.07, 6.45) is 7.22. The molecule has 10 nitrogen and oxygen atoms in total. The third-order valence-corrected chi connectivity index (χ3v) is 5.14. The highest BCUT2D eigenvalue weighted by Crippen LogP contribution is 2.28. The van der Waals surface area contributed by atoms with E-state index in [1.54, 1.807) is 40.7 Å². The van der Waals surface area contributed by atoms with Crippen LogP contribution in [0.1, 0.15) is 6.42 Å². The molecule has 1 fully saturated rings. The lowest BCUT2D eigenvalue weighted by Gasteiger charge is -2.16. The number of hydrogen-bond acceptors (Lipinski definition) is 6. The van der Waals surface area contributed by atoms with Crippen LogP contribution in [0.25, 0.3) is 11.0 Å². The number of hydrogen-bond donors (Lipinski definition) is 2. The molecular weight excluding hydrogens is 374 g/mol. The number of H-pyrrole nitrogens is 1. The van der Waals surface area contributed by atoms with Crippen LogP contribution in [0.4, 0.5) is 11.4 Å². The third-order valence-electron chi connectivity index (χ3n) is 5.14. The van der Waals surface area contributed by atoms with Crippen LogP contribution in [0, 0.1) is 5.92 Å². The predicted molar refractivity (Wildman–Crippen MR) is 108 cm³/mol. The summed E-state index contributed by atoms with van der Waals surface area (Å²) in [4.78, 5) is 33.7. The van der Waals surface area contributed by atoms with Gasteiger partial charge in [0.1, 0.15) is 16.7 Å². The molecule has 10 heteroatoms. The summed E-state index contributed by atoms with van der Waals surface area (Å²) in [5.74, 6) is 0.566. The molecule has 152 valence electrons. The van der Waals surface area contributed by atoms with Gasteiger partial charge in [-0.05, 0) is 18.4 Å². The molecule has 0 radical (unpaired) electrons. The van der Waals surface area contributed by atoms with Crippen LogP contribution in [-0.4, -0.2) is 55.3 Å². The van der Waals surface area contributed by atoms with Gasteiger partial charge in [0, 0.05) is 32.9 Å². The van der Waals surface area contributed by atoms with Crippen molar-refractivity contribution >= 4 is 28.3 Å². The van der Waals surface area contributed by atoms with Crippen molar-refractivity contribution in [3.8, 4) is 5.88 Å². The number of nitrogens with zero attached hydrogens (tertiary/aromatic N) is 5. The Morgan fingerprint density at radius 3 is 3.03 bits per heavy atom. The average molecular weight is 397 g/mol. The minimum atomic E-state index is -0.144. The van der Waals surface area contributed by atoms with Crippen molar-refractivity contribution in [3.63, 3.8) is 0 Å². The second kappa shape index (κ2) is 7.46. The largest absolute Gasteiger partial charge is 0.478 e. The van der Waals surface area contributed by atoms with E-state index < -0.39 is 0 Å². The van der Waals surface area contributed by atoms with Crippen LogP contribution in [0.5, 0.6) is 5.88 Å². The zero-order valence-corrected chi connectivity index (χ0v) is 16.4. The summed E-state index contributed by atoms with van der Waals surface area (Å²) >= 11 is 0. The Balaban J connectivity index is 1.65. The van der Waals surface area contributed by atoms with Crippen LogP contribution in [0.15, 0.2) is 36.2 Å². The molecule has 0 aromatic carbocycles. The summed E-state index contributed by atoms with van der Waals surface area (Å²) in [5, 5.41) is 7.51. The second-order valence-electron chi connectivity index (χ2n) is 7.12. The van der Waals surface area contributed by atoms with Crippen LogP contribution >= 0.6 is 0 Å². The van der Waals surface area contributed by atoms with Gasteiger partial charge >= 0.3 is 0 Å². The molecule has 0 bridgehead atoms. The van der Waals surface area contributed by atoms with Gasteiger partial charge in [-0.25, -0.2) is 4.98 Å². The van der Waals surface area contributed by atoms with Crippen molar-refractivity contribution < 1.29 is 9.53 Å². The first-order valence-electron chi connectivity index (χ1n) is 9.32. The molecule has 1 aliphatic heterocycles. The van der Waals surface area contributed by atoms with Crippen molar-refractivity contribution in [1.29, 1.82) is 0 Å². The normalized spacial score (nSPS) is 16.3. The Hall–Kier alpha value is -3.56. The second-order valence-corrected chi connectivity index (χ2v) is 7.12. The topological polar surface area (TPSA) is 110 Å². The van der Waals surface area contributed by atoms with Crippen LogP contribution in [0.2, 0.25) is 0 Å².